The number of furan rings is 1. The first-order valence-electron chi connectivity index (χ1n) is 21.2. The van der Waals surface area contributed by atoms with Gasteiger partial charge in [0, 0.05) is 60.3 Å². The molecule has 294 valence electrons. The van der Waals surface area contributed by atoms with Crippen LogP contribution >= 0.6 is 0 Å². The fraction of sp³-hybridized carbons (Fsp3) is 0. The van der Waals surface area contributed by atoms with E-state index in [-0.39, 0.29) is 0 Å². The second kappa shape index (κ2) is 14.0. The van der Waals surface area contributed by atoms with Gasteiger partial charge in [0.25, 0.3) is 0 Å². The summed E-state index contributed by atoms with van der Waals surface area (Å²) in [5.41, 5.74) is 13.2. The van der Waals surface area contributed by atoms with Gasteiger partial charge in [-0.3, -0.25) is 0 Å². The van der Waals surface area contributed by atoms with Gasteiger partial charge in [0.15, 0.2) is 17.5 Å². The SMILES string of the molecule is c1ccc(-c2nc(-c3cccc(-n4c5ccccc5c5ccccc54)c3)nc(-c3ccc(-n4c5ccccc5c5ccccc54)c(-c4ccc5oc6ccccc6c5c4)c3)n2)cc1. The molecule has 0 aliphatic heterocycles. The van der Waals surface area contributed by atoms with Crippen molar-refractivity contribution >= 4 is 65.6 Å². The van der Waals surface area contributed by atoms with E-state index in [0.29, 0.717) is 17.5 Å². The minimum absolute atomic E-state index is 0.589. The maximum Gasteiger partial charge on any atom is 0.164 e. The zero-order valence-electron chi connectivity index (χ0n) is 33.9. The third-order valence-corrected chi connectivity index (χ3v) is 12.4. The molecule has 6 nitrogen and oxygen atoms in total. The smallest absolute Gasteiger partial charge is 0.164 e. The number of hydrogen-bond acceptors (Lipinski definition) is 4. The quantitative estimate of drug-likeness (QED) is 0.168. The molecule has 4 aromatic heterocycles. The molecule has 0 fully saturated rings. The van der Waals surface area contributed by atoms with Gasteiger partial charge >= 0.3 is 0 Å². The molecule has 13 rings (SSSR count). The summed E-state index contributed by atoms with van der Waals surface area (Å²) >= 11 is 0. The van der Waals surface area contributed by atoms with Crippen LogP contribution in [0.5, 0.6) is 0 Å². The van der Waals surface area contributed by atoms with Crippen LogP contribution in [-0.2, 0) is 0 Å². The molecule has 0 radical (unpaired) electrons. The van der Waals surface area contributed by atoms with Crippen molar-refractivity contribution in [1.82, 2.24) is 24.1 Å². The van der Waals surface area contributed by atoms with Crippen LogP contribution in [0.4, 0.5) is 0 Å². The number of hydrogen-bond donors (Lipinski definition) is 0. The average molecular weight is 806 g/mol. The van der Waals surface area contributed by atoms with Crippen molar-refractivity contribution in [3.63, 3.8) is 0 Å². The van der Waals surface area contributed by atoms with Gasteiger partial charge in [-0.25, -0.2) is 15.0 Å². The summed E-state index contributed by atoms with van der Waals surface area (Å²) in [5.74, 6) is 1.80. The highest BCUT2D eigenvalue weighted by Crippen LogP contribution is 2.41. The molecular formula is C57H35N5O. The Balaban J connectivity index is 1.04. The lowest BCUT2D eigenvalue weighted by atomic mass is 9.98. The van der Waals surface area contributed by atoms with Crippen LogP contribution in [0.3, 0.4) is 0 Å². The zero-order chi connectivity index (χ0) is 41.4. The summed E-state index contributed by atoms with van der Waals surface area (Å²) in [7, 11) is 0. The van der Waals surface area contributed by atoms with Crippen LogP contribution in [-0.4, -0.2) is 24.1 Å². The Morgan fingerprint density at radius 2 is 0.778 bits per heavy atom. The zero-order valence-corrected chi connectivity index (χ0v) is 33.9. The number of fused-ring (bicyclic) bond motifs is 9. The van der Waals surface area contributed by atoms with Crippen molar-refractivity contribution in [2.24, 2.45) is 0 Å². The number of benzene rings is 9. The van der Waals surface area contributed by atoms with Crippen LogP contribution in [0.25, 0.3) is 122 Å². The Morgan fingerprint density at radius 3 is 1.41 bits per heavy atom. The topological polar surface area (TPSA) is 61.7 Å². The number of para-hydroxylation sites is 5. The maximum absolute atomic E-state index is 6.30. The molecular weight excluding hydrogens is 771 g/mol. The van der Waals surface area contributed by atoms with E-state index in [1.165, 1.54) is 21.5 Å². The second-order valence-electron chi connectivity index (χ2n) is 16.0. The van der Waals surface area contributed by atoms with E-state index in [9.17, 15) is 0 Å². The Kier molecular flexibility index (Phi) is 7.80. The third kappa shape index (κ3) is 5.62. The maximum atomic E-state index is 6.30. The Hall–Kier alpha value is -8.61. The molecule has 0 atom stereocenters. The summed E-state index contributed by atoms with van der Waals surface area (Å²) in [6.07, 6.45) is 0. The minimum Gasteiger partial charge on any atom is -0.456 e. The van der Waals surface area contributed by atoms with Crippen LogP contribution in [0.15, 0.2) is 217 Å². The largest absolute Gasteiger partial charge is 0.456 e. The van der Waals surface area contributed by atoms with E-state index < -0.39 is 0 Å². The minimum atomic E-state index is 0.589. The molecule has 0 amide bonds. The Morgan fingerprint density at radius 1 is 0.302 bits per heavy atom. The summed E-state index contributed by atoms with van der Waals surface area (Å²) in [6.45, 7) is 0. The lowest BCUT2D eigenvalue weighted by molar-refractivity contribution is 0.669. The van der Waals surface area contributed by atoms with Crippen molar-refractivity contribution in [2.75, 3.05) is 0 Å². The highest BCUT2D eigenvalue weighted by Gasteiger charge is 2.20. The summed E-state index contributed by atoms with van der Waals surface area (Å²) < 4.78 is 11.0. The summed E-state index contributed by atoms with van der Waals surface area (Å²) in [4.78, 5) is 15.7. The molecule has 0 aliphatic rings. The van der Waals surface area contributed by atoms with Gasteiger partial charge in [-0.15, -0.1) is 0 Å². The van der Waals surface area contributed by atoms with Crippen molar-refractivity contribution < 1.29 is 4.42 Å². The van der Waals surface area contributed by atoms with Gasteiger partial charge in [0.2, 0.25) is 0 Å². The Bertz CT molecular complexity index is 3820. The van der Waals surface area contributed by atoms with E-state index in [0.717, 1.165) is 83.2 Å². The van der Waals surface area contributed by atoms with E-state index in [4.69, 9.17) is 19.4 Å². The van der Waals surface area contributed by atoms with Gasteiger partial charge in [-0.05, 0) is 78.4 Å². The van der Waals surface area contributed by atoms with Crippen molar-refractivity contribution in [3.8, 4) is 56.7 Å². The van der Waals surface area contributed by atoms with Gasteiger partial charge in [0.1, 0.15) is 11.2 Å². The molecule has 0 saturated heterocycles. The van der Waals surface area contributed by atoms with Crippen LogP contribution in [0.2, 0.25) is 0 Å². The van der Waals surface area contributed by atoms with Gasteiger partial charge in [0.05, 0.1) is 27.8 Å². The summed E-state index contributed by atoms with van der Waals surface area (Å²) in [6, 6.07) is 74.5. The molecule has 6 heteroatoms. The van der Waals surface area contributed by atoms with Gasteiger partial charge in [-0.2, -0.15) is 0 Å². The summed E-state index contributed by atoms with van der Waals surface area (Å²) in [5, 5.41) is 7.00. The molecule has 4 heterocycles. The first kappa shape index (κ1) is 35.2. The molecule has 0 N–H and O–H groups in total. The highest BCUT2D eigenvalue weighted by atomic mass is 16.3. The van der Waals surface area contributed by atoms with Crippen LogP contribution in [0.1, 0.15) is 0 Å². The van der Waals surface area contributed by atoms with E-state index >= 15 is 0 Å². The molecule has 0 bridgehead atoms. The number of aromatic nitrogens is 5. The molecule has 0 aliphatic carbocycles. The standard InChI is InChI=1S/C57H35N5O/c1-2-15-36(16-3-1)55-58-56(38-17-14-18-40(33-38)61-48-24-9-4-19-41(48)42-20-5-10-25-49(42)61)60-57(59-55)39-29-31-52(62-50-26-11-6-21-43(50)44-22-7-12-27-51(44)62)46(35-39)37-30-32-54-47(34-37)45-23-8-13-28-53(45)63-54/h1-35H. The van der Waals surface area contributed by atoms with Crippen molar-refractivity contribution in [3.05, 3.63) is 212 Å². The fourth-order valence-corrected chi connectivity index (χ4v) is 9.51. The van der Waals surface area contributed by atoms with E-state index in [2.05, 4.69) is 191 Å². The highest BCUT2D eigenvalue weighted by molar-refractivity contribution is 6.11. The second-order valence-corrected chi connectivity index (χ2v) is 16.0. The average Bonchev–Trinajstić information content (AvgIpc) is 4.02. The normalized spacial score (nSPS) is 11.8. The van der Waals surface area contributed by atoms with Crippen LogP contribution < -0.4 is 0 Å². The lowest BCUT2D eigenvalue weighted by Gasteiger charge is -2.16. The van der Waals surface area contributed by atoms with E-state index in [1.807, 2.05) is 30.3 Å². The molecule has 9 aromatic carbocycles. The predicted molar refractivity (Wildman–Crippen MR) is 258 cm³/mol. The first-order chi connectivity index (χ1) is 31.2. The van der Waals surface area contributed by atoms with Gasteiger partial charge < -0.3 is 13.6 Å². The molecule has 0 spiro atoms. The molecule has 63 heavy (non-hydrogen) atoms. The van der Waals surface area contributed by atoms with Crippen LogP contribution in [0, 0.1) is 0 Å². The molecule has 0 unspecified atom stereocenters. The van der Waals surface area contributed by atoms with E-state index in [1.54, 1.807) is 0 Å². The lowest BCUT2D eigenvalue weighted by Crippen LogP contribution is -2.02. The van der Waals surface area contributed by atoms with Gasteiger partial charge in [-0.1, -0.05) is 140 Å². The molecule has 0 saturated carbocycles. The molecule has 13 aromatic rings. The first-order valence-corrected chi connectivity index (χ1v) is 21.2. The fourth-order valence-electron chi connectivity index (χ4n) is 9.51. The number of nitrogens with zero attached hydrogens (tertiary/aromatic N) is 5. The third-order valence-electron chi connectivity index (χ3n) is 12.4. The predicted octanol–water partition coefficient (Wildman–Crippen LogP) is 14.6. The van der Waals surface area contributed by atoms with Crippen molar-refractivity contribution in [1.29, 1.82) is 0 Å². The monoisotopic (exact) mass is 805 g/mol. The Labute approximate surface area is 361 Å². The number of rotatable bonds is 6. The van der Waals surface area contributed by atoms with Crippen molar-refractivity contribution in [2.45, 2.75) is 0 Å².